The Morgan fingerprint density at radius 2 is 2.17 bits per heavy atom. The van der Waals surface area contributed by atoms with Crippen LogP contribution >= 0.6 is 0 Å². The highest BCUT2D eigenvalue weighted by molar-refractivity contribution is 5.90. The molecule has 0 bridgehead atoms. The number of aromatic nitrogens is 1. The summed E-state index contributed by atoms with van der Waals surface area (Å²) in [7, 11) is 0. The van der Waals surface area contributed by atoms with Crippen LogP contribution in [-0.2, 0) is 9.53 Å². The largest absolute Gasteiger partial charge is 0.364 e. The van der Waals surface area contributed by atoms with Gasteiger partial charge in [-0.05, 0) is 20.8 Å². The van der Waals surface area contributed by atoms with Gasteiger partial charge in [0.2, 0.25) is 0 Å². The maximum atomic E-state index is 11.8. The number of amides is 1. The zero-order chi connectivity index (χ0) is 13.1. The van der Waals surface area contributed by atoms with E-state index in [1.54, 1.807) is 13.0 Å². The fourth-order valence-electron chi connectivity index (χ4n) is 2.37. The lowest BCUT2D eigenvalue weighted by atomic mass is 10.2. The van der Waals surface area contributed by atoms with Gasteiger partial charge in [-0.15, -0.1) is 0 Å². The normalized spacial score (nSPS) is 28.1. The number of carbonyl (C=O) groups is 1. The van der Waals surface area contributed by atoms with E-state index in [-0.39, 0.29) is 18.1 Å². The van der Waals surface area contributed by atoms with Crippen molar-refractivity contribution in [2.75, 3.05) is 25.0 Å². The summed E-state index contributed by atoms with van der Waals surface area (Å²) in [6, 6.07) is 1.71. The molecule has 0 aliphatic carbocycles. The van der Waals surface area contributed by atoms with E-state index in [4.69, 9.17) is 9.26 Å². The van der Waals surface area contributed by atoms with E-state index in [0.717, 1.165) is 13.1 Å². The van der Waals surface area contributed by atoms with Gasteiger partial charge in [-0.25, -0.2) is 0 Å². The molecule has 100 valence electrons. The minimum Gasteiger partial charge on any atom is -0.364 e. The van der Waals surface area contributed by atoms with Gasteiger partial charge in [-0.2, -0.15) is 0 Å². The van der Waals surface area contributed by atoms with Gasteiger partial charge >= 0.3 is 0 Å². The summed E-state index contributed by atoms with van der Waals surface area (Å²) in [5.74, 6) is 1.12. The summed E-state index contributed by atoms with van der Waals surface area (Å²) in [5.41, 5.74) is 0. The summed E-state index contributed by atoms with van der Waals surface area (Å²) in [6.07, 6.45) is 0.400. The molecule has 1 aliphatic rings. The van der Waals surface area contributed by atoms with E-state index in [0.29, 0.717) is 18.1 Å². The molecule has 2 rings (SSSR count). The number of hydrogen-bond acceptors (Lipinski definition) is 4. The third kappa shape index (κ3) is 3.54. The van der Waals surface area contributed by atoms with E-state index < -0.39 is 0 Å². The first-order valence-corrected chi connectivity index (χ1v) is 6.25. The summed E-state index contributed by atoms with van der Waals surface area (Å²) in [5, 5.41) is 6.47. The zero-order valence-corrected chi connectivity index (χ0v) is 11.0. The van der Waals surface area contributed by atoms with Crippen molar-refractivity contribution in [3.8, 4) is 0 Å². The van der Waals surface area contributed by atoms with Gasteiger partial charge in [-0.1, -0.05) is 5.16 Å². The van der Waals surface area contributed by atoms with Crippen molar-refractivity contribution in [2.45, 2.75) is 33.0 Å². The Hall–Kier alpha value is -1.40. The quantitative estimate of drug-likeness (QED) is 0.771. The summed E-state index contributed by atoms with van der Waals surface area (Å²) in [4.78, 5) is 13.1. The van der Waals surface area contributed by atoms with E-state index >= 15 is 0 Å². The predicted octanol–water partition coefficient (Wildman–Crippen LogP) is -0.386. The highest BCUT2D eigenvalue weighted by atomic mass is 16.5. The van der Waals surface area contributed by atoms with Gasteiger partial charge in [0.25, 0.3) is 5.91 Å². The number of nitrogens with zero attached hydrogens (tertiary/aromatic N) is 1. The molecule has 0 radical (unpaired) electrons. The minimum atomic E-state index is -0.0420. The third-order valence-corrected chi connectivity index (χ3v) is 2.92. The molecule has 2 N–H and O–H groups in total. The summed E-state index contributed by atoms with van der Waals surface area (Å²) >= 11 is 0. The fraction of sp³-hybridized carbons (Fsp3) is 0.667. The van der Waals surface area contributed by atoms with Crippen molar-refractivity contribution < 1.29 is 19.0 Å². The number of nitrogens with one attached hydrogen (secondary N) is 2. The van der Waals surface area contributed by atoms with Crippen LogP contribution in [-0.4, -0.2) is 42.9 Å². The van der Waals surface area contributed by atoms with Crippen LogP contribution in [0.1, 0.15) is 19.6 Å². The van der Waals surface area contributed by atoms with E-state index in [1.807, 2.05) is 13.8 Å². The number of anilines is 1. The number of morpholine rings is 1. The molecule has 0 spiro atoms. The smallest absolute Gasteiger partial charge is 0.280 e. The van der Waals surface area contributed by atoms with E-state index in [9.17, 15) is 4.79 Å². The SMILES string of the molecule is Cc1cc(NC(=O)C[NH+]2C[C@@H](C)O[C@@H](C)C2)no1. The molecule has 1 aromatic rings. The van der Waals surface area contributed by atoms with Crippen molar-refractivity contribution in [2.24, 2.45) is 0 Å². The van der Waals surface area contributed by atoms with Gasteiger partial charge in [0.05, 0.1) is 0 Å². The van der Waals surface area contributed by atoms with Crippen LogP contribution in [0.2, 0.25) is 0 Å². The molecule has 0 aromatic carbocycles. The highest BCUT2D eigenvalue weighted by Crippen LogP contribution is 2.06. The molecular weight excluding hydrogens is 234 g/mol. The number of quaternary nitrogens is 1. The Balaban J connectivity index is 1.83. The first-order valence-electron chi connectivity index (χ1n) is 6.25. The Labute approximate surface area is 106 Å². The number of rotatable bonds is 3. The number of ether oxygens (including phenoxy) is 1. The second-order valence-corrected chi connectivity index (χ2v) is 4.96. The second kappa shape index (κ2) is 5.49. The monoisotopic (exact) mass is 254 g/mol. The average molecular weight is 254 g/mol. The lowest BCUT2D eigenvalue weighted by Gasteiger charge is -2.31. The number of hydrogen-bond donors (Lipinski definition) is 2. The van der Waals surface area contributed by atoms with Gasteiger partial charge in [0, 0.05) is 6.07 Å². The van der Waals surface area contributed by atoms with Gasteiger partial charge in [-0.3, -0.25) is 4.79 Å². The molecule has 1 amide bonds. The van der Waals surface area contributed by atoms with Crippen molar-refractivity contribution in [3.05, 3.63) is 11.8 Å². The minimum absolute atomic E-state index is 0.0420. The molecular formula is C12H20N3O3+. The molecule has 2 heterocycles. The summed E-state index contributed by atoms with van der Waals surface area (Å²) in [6.45, 7) is 8.01. The van der Waals surface area contributed by atoms with Crippen LogP contribution in [0.25, 0.3) is 0 Å². The van der Waals surface area contributed by atoms with E-state index in [1.165, 1.54) is 4.90 Å². The number of aryl methyl sites for hydroxylation is 1. The molecule has 0 saturated carbocycles. The van der Waals surface area contributed by atoms with Gasteiger partial charge in [0.15, 0.2) is 12.4 Å². The Morgan fingerprint density at radius 3 is 2.72 bits per heavy atom. The maximum Gasteiger partial charge on any atom is 0.280 e. The Kier molecular flexibility index (Phi) is 3.98. The van der Waals surface area contributed by atoms with Crippen molar-refractivity contribution >= 4 is 11.7 Å². The fourth-order valence-corrected chi connectivity index (χ4v) is 2.37. The Morgan fingerprint density at radius 1 is 1.50 bits per heavy atom. The molecule has 1 unspecified atom stereocenters. The van der Waals surface area contributed by atoms with Crippen LogP contribution in [0.4, 0.5) is 5.82 Å². The van der Waals surface area contributed by atoms with Gasteiger partial charge < -0.3 is 19.5 Å². The predicted molar refractivity (Wildman–Crippen MR) is 65.4 cm³/mol. The van der Waals surface area contributed by atoms with Crippen LogP contribution < -0.4 is 10.2 Å². The molecule has 3 atom stereocenters. The first kappa shape index (κ1) is 13.0. The summed E-state index contributed by atoms with van der Waals surface area (Å²) < 4.78 is 10.5. The second-order valence-electron chi connectivity index (χ2n) is 4.96. The van der Waals surface area contributed by atoms with Crippen LogP contribution in [0.5, 0.6) is 0 Å². The molecule has 18 heavy (non-hydrogen) atoms. The highest BCUT2D eigenvalue weighted by Gasteiger charge is 2.27. The lowest BCUT2D eigenvalue weighted by Crippen LogP contribution is -3.16. The maximum absolute atomic E-state index is 11.8. The van der Waals surface area contributed by atoms with Crippen LogP contribution in [0.3, 0.4) is 0 Å². The molecule has 1 aromatic heterocycles. The first-order chi connectivity index (χ1) is 8.52. The van der Waals surface area contributed by atoms with E-state index in [2.05, 4.69) is 10.5 Å². The van der Waals surface area contributed by atoms with Crippen molar-refractivity contribution in [1.29, 1.82) is 0 Å². The van der Waals surface area contributed by atoms with Crippen molar-refractivity contribution in [3.63, 3.8) is 0 Å². The molecule has 1 saturated heterocycles. The number of carbonyl (C=O) groups excluding carboxylic acids is 1. The van der Waals surface area contributed by atoms with Gasteiger partial charge in [0.1, 0.15) is 31.1 Å². The molecule has 6 heteroatoms. The lowest BCUT2D eigenvalue weighted by molar-refractivity contribution is -0.907. The Bertz CT molecular complexity index is 408. The average Bonchev–Trinajstić information content (AvgIpc) is 2.61. The molecule has 1 fully saturated rings. The third-order valence-electron chi connectivity index (χ3n) is 2.92. The standard InChI is InChI=1S/C12H19N3O3/c1-8-4-11(14-18-8)13-12(16)7-15-5-9(2)17-10(3)6-15/h4,9-10H,5-7H2,1-3H3,(H,13,14,16)/p+1/t9-,10+. The molecule has 6 nitrogen and oxygen atoms in total. The van der Waals surface area contributed by atoms with Crippen molar-refractivity contribution in [1.82, 2.24) is 5.16 Å². The van der Waals surface area contributed by atoms with Crippen LogP contribution in [0, 0.1) is 6.92 Å². The topological polar surface area (TPSA) is 68.8 Å². The molecule has 1 aliphatic heterocycles. The zero-order valence-electron chi connectivity index (χ0n) is 11.0. The van der Waals surface area contributed by atoms with Crippen LogP contribution in [0.15, 0.2) is 10.6 Å².